The van der Waals surface area contributed by atoms with E-state index in [4.69, 9.17) is 0 Å². The molecule has 0 aromatic heterocycles. The molecule has 4 rings (SSSR count). The topological polar surface area (TPSA) is 78.4 Å². The van der Waals surface area contributed by atoms with Crippen molar-refractivity contribution in [3.63, 3.8) is 0 Å². The highest BCUT2D eigenvalue weighted by molar-refractivity contribution is 5.79. The molecule has 3 N–H and O–H groups in total. The number of carbonyl (C=O) groups is 2. The fourth-order valence-corrected chi connectivity index (χ4v) is 7.76. The molecule has 2 amide bonds. The minimum absolute atomic E-state index is 0.00437. The first kappa shape index (κ1) is 24.0. The van der Waals surface area contributed by atoms with Gasteiger partial charge in [-0.2, -0.15) is 0 Å². The molecule has 7 atom stereocenters. The van der Waals surface area contributed by atoms with Crippen LogP contribution in [0.2, 0.25) is 0 Å². The van der Waals surface area contributed by atoms with Gasteiger partial charge in [0.25, 0.3) is 0 Å². The molecule has 0 spiro atoms. The molecule has 0 aromatic rings. The van der Waals surface area contributed by atoms with Crippen LogP contribution in [0.15, 0.2) is 0 Å². The first-order chi connectivity index (χ1) is 15.3. The molecule has 5 heteroatoms. The molecule has 182 valence electrons. The predicted molar refractivity (Wildman–Crippen MR) is 127 cm³/mol. The summed E-state index contributed by atoms with van der Waals surface area (Å²) >= 11 is 0. The van der Waals surface area contributed by atoms with Crippen LogP contribution in [0.4, 0.5) is 0 Å². The molecule has 4 saturated carbocycles. The van der Waals surface area contributed by atoms with Gasteiger partial charge in [-0.3, -0.25) is 9.59 Å². The Morgan fingerprint density at radius 1 is 0.906 bits per heavy atom. The van der Waals surface area contributed by atoms with Gasteiger partial charge in [-0.25, -0.2) is 0 Å². The van der Waals surface area contributed by atoms with Crippen molar-refractivity contribution in [2.24, 2.45) is 35.0 Å². The van der Waals surface area contributed by atoms with Crippen molar-refractivity contribution in [3.8, 4) is 0 Å². The van der Waals surface area contributed by atoms with Crippen LogP contribution in [-0.4, -0.2) is 35.1 Å². The SMILES string of the molecule is C[C@H]1[C@@H]2[C@@H](O)[C@@H]([C@H](C)C(=O)NC3CCCC3)CC[C@@]2(C)CC[C@@H]1NC(=O)C1CCCCC1. The van der Waals surface area contributed by atoms with E-state index < -0.39 is 6.10 Å². The van der Waals surface area contributed by atoms with E-state index in [-0.39, 0.29) is 52.9 Å². The van der Waals surface area contributed by atoms with Crippen molar-refractivity contribution in [1.29, 1.82) is 0 Å². The van der Waals surface area contributed by atoms with E-state index in [0.717, 1.165) is 51.4 Å². The van der Waals surface area contributed by atoms with Gasteiger partial charge in [-0.15, -0.1) is 0 Å². The molecule has 0 bridgehead atoms. The quantitative estimate of drug-likeness (QED) is 0.579. The summed E-state index contributed by atoms with van der Waals surface area (Å²) in [6.07, 6.45) is 13.8. The van der Waals surface area contributed by atoms with Gasteiger partial charge in [0, 0.05) is 23.9 Å². The largest absolute Gasteiger partial charge is 0.392 e. The van der Waals surface area contributed by atoms with E-state index in [2.05, 4.69) is 24.5 Å². The number of nitrogens with one attached hydrogen (secondary N) is 2. The smallest absolute Gasteiger partial charge is 0.223 e. The van der Waals surface area contributed by atoms with Gasteiger partial charge in [0.05, 0.1) is 6.10 Å². The van der Waals surface area contributed by atoms with Crippen LogP contribution in [0.1, 0.15) is 104 Å². The van der Waals surface area contributed by atoms with Crippen LogP contribution in [0.25, 0.3) is 0 Å². The Kier molecular flexibility index (Phi) is 7.53. The zero-order chi connectivity index (χ0) is 22.9. The molecule has 0 radical (unpaired) electrons. The Morgan fingerprint density at radius 3 is 2.22 bits per heavy atom. The first-order valence-electron chi connectivity index (χ1n) is 13.6. The summed E-state index contributed by atoms with van der Waals surface area (Å²) in [7, 11) is 0. The lowest BCUT2D eigenvalue weighted by molar-refractivity contribution is -0.145. The molecule has 4 aliphatic rings. The number of aliphatic hydroxyl groups excluding tert-OH is 1. The third-order valence-corrected chi connectivity index (χ3v) is 9.95. The molecule has 0 unspecified atom stereocenters. The molecule has 0 aromatic carbocycles. The standard InChI is InChI=1S/C27H46N2O3/c1-17(25(31)28-20-11-7-8-12-20)21-13-15-27(3)16-14-22(18(2)23(27)24(21)30)29-26(32)19-9-5-4-6-10-19/h17-24,30H,4-16H2,1-3H3,(H,28,31)(H,29,32)/t17-,18+,21+,22-,23+,24-,27-/m0/s1. The molecular formula is C27H46N2O3. The summed E-state index contributed by atoms with van der Waals surface area (Å²) in [4.78, 5) is 25.9. The minimum atomic E-state index is -0.484. The summed E-state index contributed by atoms with van der Waals surface area (Å²) < 4.78 is 0. The van der Waals surface area contributed by atoms with E-state index >= 15 is 0 Å². The van der Waals surface area contributed by atoms with Gasteiger partial charge >= 0.3 is 0 Å². The lowest BCUT2D eigenvalue weighted by Crippen LogP contribution is -2.59. The second kappa shape index (κ2) is 10.0. The first-order valence-corrected chi connectivity index (χ1v) is 13.6. The summed E-state index contributed by atoms with van der Waals surface area (Å²) in [5, 5.41) is 18.2. The maximum Gasteiger partial charge on any atom is 0.223 e. The Morgan fingerprint density at radius 2 is 1.53 bits per heavy atom. The predicted octanol–water partition coefficient (Wildman–Crippen LogP) is 4.57. The van der Waals surface area contributed by atoms with Crippen LogP contribution >= 0.6 is 0 Å². The van der Waals surface area contributed by atoms with Crippen LogP contribution in [0, 0.1) is 35.0 Å². The fourth-order valence-electron chi connectivity index (χ4n) is 7.76. The zero-order valence-electron chi connectivity index (χ0n) is 20.6. The third kappa shape index (κ3) is 4.88. The van der Waals surface area contributed by atoms with Crippen molar-refractivity contribution in [2.75, 3.05) is 0 Å². The summed E-state index contributed by atoms with van der Waals surface area (Å²) in [6, 6.07) is 0.461. The van der Waals surface area contributed by atoms with Crippen molar-refractivity contribution in [2.45, 2.75) is 122 Å². The fraction of sp³-hybridized carbons (Fsp3) is 0.926. The van der Waals surface area contributed by atoms with E-state index in [1.807, 2.05) is 6.92 Å². The number of carbonyl (C=O) groups excluding carboxylic acids is 2. The second-order valence-electron chi connectivity index (χ2n) is 12.0. The van der Waals surface area contributed by atoms with E-state index in [1.165, 1.54) is 32.1 Å². The van der Waals surface area contributed by atoms with Gasteiger partial charge in [0.2, 0.25) is 11.8 Å². The van der Waals surface area contributed by atoms with Crippen LogP contribution in [0.5, 0.6) is 0 Å². The molecular weight excluding hydrogens is 400 g/mol. The normalized spacial score (nSPS) is 39.8. The molecule has 0 heterocycles. The molecule has 4 aliphatic carbocycles. The Balaban J connectivity index is 1.41. The Hall–Kier alpha value is -1.10. The maximum atomic E-state index is 13.0. The number of aliphatic hydroxyl groups is 1. The number of rotatable bonds is 5. The van der Waals surface area contributed by atoms with E-state index in [1.54, 1.807) is 0 Å². The molecule has 0 aliphatic heterocycles. The lowest BCUT2D eigenvalue weighted by Gasteiger charge is -2.56. The average Bonchev–Trinajstić information content (AvgIpc) is 3.29. The van der Waals surface area contributed by atoms with Crippen LogP contribution in [-0.2, 0) is 9.59 Å². The molecule has 32 heavy (non-hydrogen) atoms. The zero-order valence-corrected chi connectivity index (χ0v) is 20.6. The highest BCUT2D eigenvalue weighted by Gasteiger charge is 2.54. The van der Waals surface area contributed by atoms with Gasteiger partial charge in [-0.05, 0) is 74.5 Å². The van der Waals surface area contributed by atoms with Gasteiger partial charge in [0.1, 0.15) is 0 Å². The Labute approximate surface area is 194 Å². The highest BCUT2D eigenvalue weighted by atomic mass is 16.3. The lowest BCUT2D eigenvalue weighted by atomic mass is 9.51. The number of amides is 2. The summed E-state index contributed by atoms with van der Waals surface area (Å²) in [5.41, 5.74) is 0.100. The van der Waals surface area contributed by atoms with Crippen molar-refractivity contribution in [1.82, 2.24) is 10.6 Å². The highest BCUT2D eigenvalue weighted by Crippen LogP contribution is 2.55. The number of hydrogen-bond acceptors (Lipinski definition) is 3. The van der Waals surface area contributed by atoms with Gasteiger partial charge in [-0.1, -0.05) is 52.9 Å². The second-order valence-corrected chi connectivity index (χ2v) is 12.0. The average molecular weight is 447 g/mol. The van der Waals surface area contributed by atoms with Crippen molar-refractivity contribution >= 4 is 11.8 Å². The monoisotopic (exact) mass is 446 g/mol. The van der Waals surface area contributed by atoms with E-state index in [0.29, 0.717) is 6.04 Å². The summed E-state index contributed by atoms with van der Waals surface area (Å²) in [5.74, 6) is 0.723. The van der Waals surface area contributed by atoms with Crippen LogP contribution in [0.3, 0.4) is 0 Å². The van der Waals surface area contributed by atoms with E-state index in [9.17, 15) is 14.7 Å². The van der Waals surface area contributed by atoms with Gasteiger partial charge in [0.15, 0.2) is 0 Å². The van der Waals surface area contributed by atoms with Crippen LogP contribution < -0.4 is 10.6 Å². The molecule has 0 saturated heterocycles. The summed E-state index contributed by atoms with van der Waals surface area (Å²) in [6.45, 7) is 6.56. The van der Waals surface area contributed by atoms with Crippen molar-refractivity contribution in [3.05, 3.63) is 0 Å². The number of hydrogen-bond donors (Lipinski definition) is 3. The minimum Gasteiger partial charge on any atom is -0.392 e. The molecule has 4 fully saturated rings. The van der Waals surface area contributed by atoms with Gasteiger partial charge < -0.3 is 15.7 Å². The maximum absolute atomic E-state index is 13.0. The van der Waals surface area contributed by atoms with Crippen molar-refractivity contribution < 1.29 is 14.7 Å². The number of fused-ring (bicyclic) bond motifs is 1. The third-order valence-electron chi connectivity index (χ3n) is 9.95. The Bertz CT molecular complexity index is 670. The molecule has 5 nitrogen and oxygen atoms in total.